The van der Waals surface area contributed by atoms with E-state index < -0.39 is 13.5 Å². The molecule has 0 bridgehead atoms. The summed E-state index contributed by atoms with van der Waals surface area (Å²) < 4.78 is 0. The zero-order valence-electron chi connectivity index (χ0n) is 25.1. The second kappa shape index (κ2) is 11.5. The first-order chi connectivity index (χ1) is 21.4. The minimum atomic E-state index is -3.59. The fourth-order valence-electron chi connectivity index (χ4n) is 6.62. The van der Waals surface area contributed by atoms with E-state index >= 15 is 4.79 Å². The predicted octanol–water partition coefficient (Wildman–Crippen LogP) is 6.43. The third-order valence-electron chi connectivity index (χ3n) is 9.17. The van der Waals surface area contributed by atoms with Crippen molar-refractivity contribution in [1.82, 2.24) is 10.2 Å². The molecule has 0 saturated heterocycles. The zero-order chi connectivity index (χ0) is 30.6. The molecule has 6 rings (SSSR count). The maximum atomic E-state index is 15.2. The molecule has 0 spiro atoms. The van der Waals surface area contributed by atoms with Gasteiger partial charge in [0.2, 0.25) is 0 Å². The van der Waals surface area contributed by atoms with E-state index in [1.54, 1.807) is 0 Å². The van der Waals surface area contributed by atoms with E-state index in [0.29, 0.717) is 0 Å². The number of hydrogen-bond donors (Lipinski definition) is 2. The first-order valence-electron chi connectivity index (χ1n) is 14.9. The molecule has 5 heteroatoms. The van der Waals surface area contributed by atoms with E-state index in [1.807, 2.05) is 36.4 Å². The van der Waals surface area contributed by atoms with Crippen molar-refractivity contribution in [2.45, 2.75) is 0 Å². The molecule has 0 fully saturated rings. The Labute approximate surface area is 261 Å². The quantitative estimate of drug-likeness (QED) is 0.191. The molecule has 0 unspecified atom stereocenters. The van der Waals surface area contributed by atoms with E-state index in [-0.39, 0.29) is 6.03 Å². The second-order valence-electron chi connectivity index (χ2n) is 11.7. The van der Waals surface area contributed by atoms with Crippen molar-refractivity contribution >= 4 is 51.4 Å². The number of amides is 2. The van der Waals surface area contributed by atoms with Gasteiger partial charge in [-0.05, 0) is 0 Å². The van der Waals surface area contributed by atoms with Crippen molar-refractivity contribution in [2.24, 2.45) is 0 Å². The second-order valence-corrected chi connectivity index (χ2v) is 21.5. The van der Waals surface area contributed by atoms with E-state index in [1.165, 1.54) is 0 Å². The Morgan fingerprint density at radius 3 is 0.659 bits per heavy atom. The van der Waals surface area contributed by atoms with Crippen LogP contribution in [0.1, 0.15) is 0 Å². The number of urea groups is 1. The van der Waals surface area contributed by atoms with Gasteiger partial charge in [0.25, 0.3) is 0 Å². The summed E-state index contributed by atoms with van der Waals surface area (Å²) in [4.78, 5) is 15.2. The van der Waals surface area contributed by atoms with Gasteiger partial charge in [0.05, 0.1) is 0 Å². The molecule has 0 aliphatic carbocycles. The van der Waals surface area contributed by atoms with Crippen LogP contribution in [0.4, 0.5) is 4.79 Å². The van der Waals surface area contributed by atoms with Crippen molar-refractivity contribution in [3.05, 3.63) is 182 Å². The van der Waals surface area contributed by atoms with Gasteiger partial charge in [-0.1, -0.05) is 0 Å². The van der Waals surface area contributed by atoms with Crippen LogP contribution in [-0.2, 0) is 0 Å². The monoisotopic (exact) mass is 612 g/mol. The van der Waals surface area contributed by atoms with Crippen molar-refractivity contribution in [2.75, 3.05) is 13.3 Å². The Kier molecular flexibility index (Phi) is 7.72. The SMILES string of the molecule is CP(NC(=O)NP(C)(c1ccccc1)(c1ccccc1)c1ccccc1)(c1ccccc1)(c1ccccc1)c1ccccc1. The Morgan fingerprint density at radius 2 is 0.500 bits per heavy atom. The maximum absolute atomic E-state index is 15.2. The van der Waals surface area contributed by atoms with E-state index in [2.05, 4.69) is 169 Å². The van der Waals surface area contributed by atoms with Crippen LogP contribution in [-0.4, -0.2) is 19.4 Å². The summed E-state index contributed by atoms with van der Waals surface area (Å²) in [6.07, 6.45) is 0. The van der Waals surface area contributed by atoms with E-state index in [0.717, 1.165) is 31.8 Å². The first-order valence-corrected chi connectivity index (χ1v) is 20.2. The van der Waals surface area contributed by atoms with Crippen LogP contribution in [0, 0.1) is 0 Å². The summed E-state index contributed by atoms with van der Waals surface area (Å²) in [5, 5.41) is 14.0. The molecule has 3 nitrogen and oxygen atoms in total. The van der Waals surface area contributed by atoms with Crippen LogP contribution in [0.3, 0.4) is 0 Å². The molecule has 0 atom stereocenters. The third-order valence-corrected chi connectivity index (χ3v) is 20.2. The van der Waals surface area contributed by atoms with Gasteiger partial charge in [0.1, 0.15) is 0 Å². The number of hydrogen-bond acceptors (Lipinski definition) is 1. The molecule has 0 heterocycles. The van der Waals surface area contributed by atoms with E-state index in [9.17, 15) is 0 Å². The normalized spacial score (nSPS) is 13.4. The Bertz CT molecular complexity index is 1510. The van der Waals surface area contributed by atoms with Crippen molar-refractivity contribution in [3.8, 4) is 0 Å². The summed E-state index contributed by atoms with van der Waals surface area (Å²) in [5.41, 5.74) is 0. The molecular formula is C39H38N2OP2. The fourth-order valence-corrected chi connectivity index (χ4v) is 15.9. The molecule has 6 aromatic carbocycles. The van der Waals surface area contributed by atoms with E-state index in [4.69, 9.17) is 0 Å². The molecule has 44 heavy (non-hydrogen) atoms. The number of carbonyl (C=O) groups excluding carboxylic acids is 1. The van der Waals surface area contributed by atoms with Crippen LogP contribution >= 0.6 is 13.5 Å². The van der Waals surface area contributed by atoms with Crippen LogP contribution in [0.5, 0.6) is 0 Å². The van der Waals surface area contributed by atoms with Crippen molar-refractivity contribution in [1.29, 1.82) is 0 Å². The summed E-state index contributed by atoms with van der Waals surface area (Å²) in [7, 11) is 0. The standard InChI is InChI=1S/C39H38N2OP2/c1-43(33-21-9-3-10-22-33,34-23-11-4-12-24-34,35-25-13-5-14-26-35)40-39(42)41-44(2,36-27-15-6-16-28-36,37-29-17-7-18-30-37)38-31-19-8-20-32-38/h3-32H,1-2H3,(H2,40,41,42). The molecule has 0 radical (unpaired) electrons. The van der Waals surface area contributed by atoms with Gasteiger partial charge in [0, 0.05) is 0 Å². The van der Waals surface area contributed by atoms with Gasteiger partial charge >= 0.3 is 262 Å². The summed E-state index contributed by atoms with van der Waals surface area (Å²) in [6, 6.07) is 62.4. The Hall–Kier alpha value is -4.55. The fraction of sp³-hybridized carbons (Fsp3) is 0.0513. The number of benzene rings is 6. The van der Waals surface area contributed by atoms with Crippen LogP contribution in [0.15, 0.2) is 182 Å². The molecule has 0 saturated carbocycles. The van der Waals surface area contributed by atoms with Crippen molar-refractivity contribution < 1.29 is 4.79 Å². The minimum absolute atomic E-state index is 0.210. The number of carbonyl (C=O) groups is 1. The average molecular weight is 613 g/mol. The number of nitrogens with one attached hydrogen (secondary N) is 2. The molecule has 220 valence electrons. The molecule has 2 N–H and O–H groups in total. The van der Waals surface area contributed by atoms with Crippen LogP contribution in [0.25, 0.3) is 0 Å². The van der Waals surface area contributed by atoms with Crippen LogP contribution in [0.2, 0.25) is 0 Å². The Balaban J connectivity index is 1.63. The molecule has 2 amide bonds. The molecule has 0 aromatic heterocycles. The summed E-state index contributed by atoms with van der Waals surface area (Å²) in [5.74, 6) is 0. The van der Waals surface area contributed by atoms with Gasteiger partial charge in [-0.25, -0.2) is 0 Å². The Morgan fingerprint density at radius 1 is 0.341 bits per heavy atom. The molecular weight excluding hydrogens is 574 g/mol. The van der Waals surface area contributed by atoms with Gasteiger partial charge in [0.15, 0.2) is 0 Å². The number of rotatable bonds is 8. The summed E-state index contributed by atoms with van der Waals surface area (Å²) in [6.45, 7) is -2.68. The molecule has 6 aromatic rings. The third kappa shape index (κ3) is 4.65. The summed E-state index contributed by atoms with van der Waals surface area (Å²) >= 11 is 0. The van der Waals surface area contributed by atoms with Crippen molar-refractivity contribution in [3.63, 3.8) is 0 Å². The van der Waals surface area contributed by atoms with Gasteiger partial charge in [-0.15, -0.1) is 0 Å². The predicted molar refractivity (Wildman–Crippen MR) is 194 cm³/mol. The van der Waals surface area contributed by atoms with Crippen LogP contribution < -0.4 is 42.0 Å². The molecule has 0 aliphatic heterocycles. The molecule has 0 aliphatic rings. The van der Waals surface area contributed by atoms with Gasteiger partial charge in [-0.3, -0.25) is 0 Å². The topological polar surface area (TPSA) is 41.1 Å². The van der Waals surface area contributed by atoms with Gasteiger partial charge in [-0.2, -0.15) is 0 Å². The van der Waals surface area contributed by atoms with Gasteiger partial charge < -0.3 is 0 Å². The average Bonchev–Trinajstić information content (AvgIpc) is 3.10. The zero-order valence-corrected chi connectivity index (χ0v) is 26.9. The first kappa shape index (κ1) is 29.5.